The number of amides is 2. The Hall–Kier alpha value is -3.02. The van der Waals surface area contributed by atoms with Gasteiger partial charge < -0.3 is 19.9 Å². The number of piperidine rings is 1. The molecule has 0 aromatic heterocycles. The van der Waals surface area contributed by atoms with Gasteiger partial charge in [-0.3, -0.25) is 9.59 Å². The molecule has 1 N–H and O–H groups in total. The number of hydrogen-bond acceptors (Lipinski definition) is 4. The molecule has 2 aromatic carbocycles. The van der Waals surface area contributed by atoms with E-state index in [0.717, 1.165) is 24.1 Å². The summed E-state index contributed by atoms with van der Waals surface area (Å²) in [6.45, 7) is 5.34. The first-order valence-corrected chi connectivity index (χ1v) is 10.4. The number of benzene rings is 2. The zero-order valence-electron chi connectivity index (χ0n) is 18.3. The maximum atomic E-state index is 12.7. The molecule has 2 aromatic rings. The fourth-order valence-electron chi connectivity index (χ4n) is 3.53. The fourth-order valence-corrected chi connectivity index (χ4v) is 3.53. The van der Waals surface area contributed by atoms with Crippen molar-refractivity contribution in [2.45, 2.75) is 32.7 Å². The molecule has 0 saturated carbocycles. The van der Waals surface area contributed by atoms with Crippen molar-refractivity contribution in [3.05, 3.63) is 59.2 Å². The predicted molar refractivity (Wildman–Crippen MR) is 119 cm³/mol. The van der Waals surface area contributed by atoms with Gasteiger partial charge in [-0.15, -0.1) is 0 Å². The summed E-state index contributed by atoms with van der Waals surface area (Å²) in [6, 6.07) is 13.5. The molecule has 1 saturated heterocycles. The third-order valence-corrected chi connectivity index (χ3v) is 5.63. The molecule has 3 rings (SSSR count). The summed E-state index contributed by atoms with van der Waals surface area (Å²) in [6.07, 6.45) is 1.49. The van der Waals surface area contributed by atoms with E-state index in [9.17, 15) is 9.59 Å². The number of carbonyl (C=O) groups excluding carboxylic acids is 2. The van der Waals surface area contributed by atoms with Gasteiger partial charge in [0, 0.05) is 44.5 Å². The average Bonchev–Trinajstić information content (AvgIpc) is 2.74. The number of likely N-dealkylation sites (tertiary alicyclic amines) is 1. The molecule has 0 spiro atoms. The van der Waals surface area contributed by atoms with E-state index in [2.05, 4.69) is 5.32 Å². The minimum Gasteiger partial charge on any atom is -0.484 e. The fraction of sp³-hybridized carbons (Fsp3) is 0.417. The van der Waals surface area contributed by atoms with Gasteiger partial charge in [0.05, 0.1) is 0 Å². The van der Waals surface area contributed by atoms with Crippen molar-refractivity contribution >= 4 is 17.5 Å². The number of rotatable bonds is 6. The Bertz CT molecular complexity index is 885. The summed E-state index contributed by atoms with van der Waals surface area (Å²) in [5, 5.41) is 3.03. The molecule has 1 aliphatic rings. The number of anilines is 1. The lowest BCUT2D eigenvalue weighted by molar-refractivity contribution is -0.124. The molecule has 6 nitrogen and oxygen atoms in total. The van der Waals surface area contributed by atoms with Crippen LogP contribution in [-0.2, 0) is 4.79 Å². The van der Waals surface area contributed by atoms with E-state index >= 15 is 0 Å². The molecule has 0 aliphatic carbocycles. The first kappa shape index (κ1) is 21.7. The van der Waals surface area contributed by atoms with Crippen LogP contribution in [-0.4, -0.2) is 56.5 Å². The maximum Gasteiger partial charge on any atom is 0.258 e. The summed E-state index contributed by atoms with van der Waals surface area (Å²) >= 11 is 0. The second-order valence-electron chi connectivity index (χ2n) is 8.11. The normalized spacial score (nSPS) is 14.3. The van der Waals surface area contributed by atoms with E-state index in [0.29, 0.717) is 24.4 Å². The molecule has 1 aliphatic heterocycles. The monoisotopic (exact) mass is 409 g/mol. The van der Waals surface area contributed by atoms with Crippen LogP contribution in [0.3, 0.4) is 0 Å². The van der Waals surface area contributed by atoms with Crippen LogP contribution in [0.1, 0.15) is 34.3 Å². The number of nitrogens with one attached hydrogen (secondary N) is 1. The summed E-state index contributed by atoms with van der Waals surface area (Å²) in [5.41, 5.74) is 4.10. The third-order valence-electron chi connectivity index (χ3n) is 5.63. The highest BCUT2D eigenvalue weighted by Crippen LogP contribution is 2.18. The molecular formula is C24H31N3O3. The van der Waals surface area contributed by atoms with Crippen molar-refractivity contribution in [2.24, 2.45) is 0 Å². The highest BCUT2D eigenvalue weighted by Gasteiger charge is 2.24. The molecule has 2 amide bonds. The van der Waals surface area contributed by atoms with Gasteiger partial charge in [0.25, 0.3) is 11.8 Å². The zero-order chi connectivity index (χ0) is 21.7. The Balaban J connectivity index is 1.43. The summed E-state index contributed by atoms with van der Waals surface area (Å²) in [4.78, 5) is 28.8. The predicted octanol–water partition coefficient (Wildman–Crippen LogP) is 3.17. The van der Waals surface area contributed by atoms with Crippen molar-refractivity contribution in [1.82, 2.24) is 10.2 Å². The minimum absolute atomic E-state index is 0.000130. The van der Waals surface area contributed by atoms with Gasteiger partial charge in [-0.25, -0.2) is 0 Å². The van der Waals surface area contributed by atoms with E-state index in [1.165, 1.54) is 5.56 Å². The average molecular weight is 410 g/mol. The van der Waals surface area contributed by atoms with Gasteiger partial charge in [-0.05, 0) is 74.2 Å². The number of aryl methyl sites for hydroxylation is 2. The number of nitrogens with zero attached hydrogens (tertiary/aromatic N) is 2. The molecule has 6 heteroatoms. The second kappa shape index (κ2) is 9.65. The van der Waals surface area contributed by atoms with Gasteiger partial charge in [-0.1, -0.05) is 6.07 Å². The molecule has 0 radical (unpaired) electrons. The van der Waals surface area contributed by atoms with Crippen LogP contribution >= 0.6 is 0 Å². The molecule has 0 atom stereocenters. The van der Waals surface area contributed by atoms with Gasteiger partial charge in [0.2, 0.25) is 0 Å². The standard InChI is InChI=1S/C24H31N3O3/c1-17-5-10-22(15-18(17)2)30-16-23(28)25-20-11-13-27(14-12-20)24(29)19-6-8-21(9-7-19)26(3)4/h5-10,15,20H,11-14,16H2,1-4H3,(H,25,28). The maximum absolute atomic E-state index is 12.7. The summed E-state index contributed by atoms with van der Waals surface area (Å²) in [7, 11) is 3.95. The summed E-state index contributed by atoms with van der Waals surface area (Å²) in [5.74, 6) is 0.620. The molecule has 1 heterocycles. The lowest BCUT2D eigenvalue weighted by atomic mass is 10.0. The van der Waals surface area contributed by atoms with Gasteiger partial charge in [0.15, 0.2) is 6.61 Å². The van der Waals surface area contributed by atoms with Gasteiger partial charge in [0.1, 0.15) is 5.75 Å². The van der Waals surface area contributed by atoms with E-state index in [4.69, 9.17) is 4.74 Å². The number of hydrogen-bond donors (Lipinski definition) is 1. The van der Waals surface area contributed by atoms with Gasteiger partial charge >= 0.3 is 0 Å². The SMILES string of the molecule is Cc1ccc(OCC(=O)NC2CCN(C(=O)c3ccc(N(C)C)cc3)CC2)cc1C. The van der Waals surface area contributed by atoms with Crippen molar-refractivity contribution in [3.8, 4) is 5.75 Å². The van der Waals surface area contributed by atoms with Crippen molar-refractivity contribution < 1.29 is 14.3 Å². The van der Waals surface area contributed by atoms with Crippen LogP contribution in [0.15, 0.2) is 42.5 Å². The minimum atomic E-state index is -0.128. The Morgan fingerprint density at radius 2 is 1.70 bits per heavy atom. The van der Waals surface area contributed by atoms with E-state index < -0.39 is 0 Å². The largest absolute Gasteiger partial charge is 0.484 e. The zero-order valence-corrected chi connectivity index (χ0v) is 18.3. The molecule has 1 fully saturated rings. The third kappa shape index (κ3) is 5.53. The number of carbonyl (C=O) groups is 2. The second-order valence-corrected chi connectivity index (χ2v) is 8.11. The molecular weight excluding hydrogens is 378 g/mol. The van der Waals surface area contributed by atoms with Crippen LogP contribution in [0.4, 0.5) is 5.69 Å². The lowest BCUT2D eigenvalue weighted by Gasteiger charge is -2.32. The quantitative estimate of drug-likeness (QED) is 0.796. The lowest BCUT2D eigenvalue weighted by Crippen LogP contribution is -2.47. The Morgan fingerprint density at radius 3 is 2.30 bits per heavy atom. The van der Waals surface area contributed by atoms with Gasteiger partial charge in [-0.2, -0.15) is 0 Å². The van der Waals surface area contributed by atoms with E-state index in [-0.39, 0.29) is 24.5 Å². The molecule has 160 valence electrons. The highest BCUT2D eigenvalue weighted by molar-refractivity contribution is 5.94. The summed E-state index contributed by atoms with van der Waals surface area (Å²) < 4.78 is 5.61. The van der Waals surface area contributed by atoms with Crippen LogP contribution in [0, 0.1) is 13.8 Å². The Labute approximate surface area is 178 Å². The molecule has 0 bridgehead atoms. The van der Waals surface area contributed by atoms with Crippen LogP contribution < -0.4 is 15.0 Å². The van der Waals surface area contributed by atoms with Crippen LogP contribution in [0.25, 0.3) is 0 Å². The highest BCUT2D eigenvalue weighted by atomic mass is 16.5. The number of ether oxygens (including phenoxy) is 1. The topological polar surface area (TPSA) is 61.9 Å². The van der Waals surface area contributed by atoms with Crippen LogP contribution in [0.5, 0.6) is 5.75 Å². The first-order chi connectivity index (χ1) is 14.3. The Morgan fingerprint density at radius 1 is 1.03 bits per heavy atom. The van der Waals surface area contributed by atoms with E-state index in [1.807, 2.05) is 80.2 Å². The Kier molecular flexibility index (Phi) is 6.98. The van der Waals surface area contributed by atoms with Crippen LogP contribution in [0.2, 0.25) is 0 Å². The molecule has 0 unspecified atom stereocenters. The van der Waals surface area contributed by atoms with Crippen molar-refractivity contribution in [1.29, 1.82) is 0 Å². The molecule has 30 heavy (non-hydrogen) atoms. The van der Waals surface area contributed by atoms with Crippen molar-refractivity contribution in [3.63, 3.8) is 0 Å². The van der Waals surface area contributed by atoms with E-state index in [1.54, 1.807) is 0 Å². The smallest absolute Gasteiger partial charge is 0.258 e. The van der Waals surface area contributed by atoms with Crippen molar-refractivity contribution in [2.75, 3.05) is 38.7 Å². The first-order valence-electron chi connectivity index (χ1n) is 10.4.